The molecular weight excluding hydrogens is 425 g/mol. The van der Waals surface area contributed by atoms with Gasteiger partial charge in [0.15, 0.2) is 11.6 Å². The van der Waals surface area contributed by atoms with E-state index in [1.54, 1.807) is 42.1 Å². The molecule has 0 spiro atoms. The standard InChI is InChI=1S/C21H17F3N6O2/c1-32-16-9-26-19(27-10-16)14-5-6-30-17(11-25-18(30)8-14)13-3-2-4-15(7-13)29-20(31)28-12-21(22,23)24/h2-11H,12H2,1H3,(H2,28,29,31). The minimum atomic E-state index is -4.48. The van der Waals surface area contributed by atoms with Crippen LogP contribution in [-0.4, -0.2) is 45.2 Å². The molecule has 4 aromatic rings. The lowest BCUT2D eigenvalue weighted by Gasteiger charge is -2.11. The molecule has 32 heavy (non-hydrogen) atoms. The molecule has 3 aromatic heterocycles. The van der Waals surface area contributed by atoms with Crippen LogP contribution in [-0.2, 0) is 0 Å². The van der Waals surface area contributed by atoms with Gasteiger partial charge in [-0.25, -0.2) is 19.7 Å². The largest absolute Gasteiger partial charge is 0.494 e. The van der Waals surface area contributed by atoms with Gasteiger partial charge in [0.05, 0.1) is 31.4 Å². The molecule has 0 aliphatic rings. The highest BCUT2D eigenvalue weighted by molar-refractivity contribution is 5.90. The van der Waals surface area contributed by atoms with Crippen molar-refractivity contribution in [3.8, 4) is 28.4 Å². The Balaban J connectivity index is 1.56. The third-order valence-electron chi connectivity index (χ3n) is 4.50. The number of hydrogen-bond donors (Lipinski definition) is 2. The highest BCUT2D eigenvalue weighted by Gasteiger charge is 2.27. The fourth-order valence-corrected chi connectivity index (χ4v) is 3.02. The Morgan fingerprint density at radius 2 is 1.84 bits per heavy atom. The summed E-state index contributed by atoms with van der Waals surface area (Å²) in [6.45, 7) is -1.41. The van der Waals surface area contributed by atoms with E-state index in [4.69, 9.17) is 4.74 Å². The predicted molar refractivity (Wildman–Crippen MR) is 111 cm³/mol. The van der Waals surface area contributed by atoms with Crippen LogP contribution >= 0.6 is 0 Å². The number of amides is 2. The maximum Gasteiger partial charge on any atom is 0.405 e. The normalized spacial score (nSPS) is 11.4. The Labute approximate surface area is 180 Å². The number of aromatic nitrogens is 4. The van der Waals surface area contributed by atoms with E-state index >= 15 is 0 Å². The van der Waals surface area contributed by atoms with Crippen LogP contribution in [0.25, 0.3) is 28.3 Å². The second-order valence-electron chi connectivity index (χ2n) is 6.74. The van der Waals surface area contributed by atoms with Gasteiger partial charge in [-0.15, -0.1) is 0 Å². The van der Waals surface area contributed by atoms with E-state index in [9.17, 15) is 18.0 Å². The first-order chi connectivity index (χ1) is 15.3. The van der Waals surface area contributed by atoms with Crippen LogP contribution in [0.4, 0.5) is 23.7 Å². The van der Waals surface area contributed by atoms with E-state index in [-0.39, 0.29) is 0 Å². The Bertz CT molecular complexity index is 1250. The molecule has 0 bridgehead atoms. The molecule has 0 unspecified atom stereocenters. The van der Waals surface area contributed by atoms with Crippen LogP contribution in [0.2, 0.25) is 0 Å². The molecule has 8 nitrogen and oxygen atoms in total. The summed E-state index contributed by atoms with van der Waals surface area (Å²) in [6.07, 6.45) is 2.15. The fraction of sp³-hybridized carbons (Fsp3) is 0.143. The fourth-order valence-electron chi connectivity index (χ4n) is 3.02. The predicted octanol–water partition coefficient (Wildman–Crippen LogP) is 4.15. The number of carbonyl (C=O) groups is 1. The van der Waals surface area contributed by atoms with E-state index in [0.717, 1.165) is 16.8 Å². The van der Waals surface area contributed by atoms with Gasteiger partial charge < -0.3 is 15.4 Å². The summed E-state index contributed by atoms with van der Waals surface area (Å²) < 4.78 is 43.7. The summed E-state index contributed by atoms with van der Waals surface area (Å²) in [7, 11) is 1.54. The Morgan fingerprint density at radius 1 is 1.06 bits per heavy atom. The number of nitrogens with zero attached hydrogens (tertiary/aromatic N) is 4. The second-order valence-corrected chi connectivity index (χ2v) is 6.74. The smallest absolute Gasteiger partial charge is 0.405 e. The zero-order valence-electron chi connectivity index (χ0n) is 16.7. The first-order valence-electron chi connectivity index (χ1n) is 9.38. The SMILES string of the molecule is COc1cnc(-c2ccn3c(-c4cccc(NC(=O)NCC(F)(F)F)c4)cnc3c2)nc1. The van der Waals surface area contributed by atoms with Gasteiger partial charge >= 0.3 is 12.2 Å². The Morgan fingerprint density at radius 3 is 2.56 bits per heavy atom. The van der Waals surface area contributed by atoms with Crippen molar-refractivity contribution in [1.82, 2.24) is 24.7 Å². The number of nitrogens with one attached hydrogen (secondary N) is 2. The van der Waals surface area contributed by atoms with Gasteiger partial charge in [0.1, 0.15) is 12.2 Å². The number of benzene rings is 1. The van der Waals surface area contributed by atoms with Crippen molar-refractivity contribution < 1.29 is 22.7 Å². The Hall–Kier alpha value is -4.15. The molecular formula is C21H17F3N6O2. The van der Waals surface area contributed by atoms with Crippen molar-refractivity contribution in [3.63, 3.8) is 0 Å². The molecule has 164 valence electrons. The summed E-state index contributed by atoms with van der Waals surface area (Å²) in [4.78, 5) is 24.7. The minimum absolute atomic E-state index is 0.348. The lowest BCUT2D eigenvalue weighted by molar-refractivity contribution is -0.122. The van der Waals surface area contributed by atoms with Crippen LogP contribution in [0.3, 0.4) is 0 Å². The van der Waals surface area contributed by atoms with E-state index in [2.05, 4.69) is 20.3 Å². The number of pyridine rings is 1. The maximum absolute atomic E-state index is 12.3. The third kappa shape index (κ3) is 4.77. The molecule has 1 aromatic carbocycles. The van der Waals surface area contributed by atoms with Gasteiger partial charge in [-0.05, 0) is 24.3 Å². The summed E-state index contributed by atoms with van der Waals surface area (Å²) >= 11 is 0. The molecule has 4 rings (SSSR count). The summed E-state index contributed by atoms with van der Waals surface area (Å²) in [5.41, 5.74) is 3.23. The van der Waals surface area contributed by atoms with Crippen LogP contribution in [0, 0.1) is 0 Å². The highest BCUT2D eigenvalue weighted by Crippen LogP contribution is 2.26. The number of hydrogen-bond acceptors (Lipinski definition) is 5. The molecule has 3 heterocycles. The average molecular weight is 442 g/mol. The average Bonchev–Trinajstić information content (AvgIpc) is 3.21. The van der Waals surface area contributed by atoms with E-state index in [1.807, 2.05) is 28.8 Å². The van der Waals surface area contributed by atoms with E-state index < -0.39 is 18.8 Å². The van der Waals surface area contributed by atoms with Crippen molar-refractivity contribution >= 4 is 17.4 Å². The van der Waals surface area contributed by atoms with Crippen LogP contribution in [0.15, 0.2) is 61.2 Å². The number of fused-ring (bicyclic) bond motifs is 1. The lowest BCUT2D eigenvalue weighted by Crippen LogP contribution is -2.36. The molecule has 0 saturated carbocycles. The molecule has 11 heteroatoms. The molecule has 2 N–H and O–H groups in total. The first kappa shape index (κ1) is 21.1. The van der Waals surface area contributed by atoms with Crippen molar-refractivity contribution in [2.45, 2.75) is 6.18 Å². The number of ether oxygens (including phenoxy) is 1. The molecule has 0 aliphatic carbocycles. The van der Waals surface area contributed by atoms with Crippen molar-refractivity contribution in [1.29, 1.82) is 0 Å². The monoisotopic (exact) mass is 442 g/mol. The van der Waals surface area contributed by atoms with Gasteiger partial charge in [-0.1, -0.05) is 12.1 Å². The van der Waals surface area contributed by atoms with Crippen LogP contribution in [0.1, 0.15) is 0 Å². The number of methoxy groups -OCH3 is 1. The Kier molecular flexibility index (Phi) is 5.63. The summed E-state index contributed by atoms with van der Waals surface area (Å²) in [6, 6.07) is 9.46. The van der Waals surface area contributed by atoms with Gasteiger partial charge in [0, 0.05) is 23.0 Å². The summed E-state index contributed by atoms with van der Waals surface area (Å²) in [5.74, 6) is 1.08. The number of halogens is 3. The maximum atomic E-state index is 12.3. The highest BCUT2D eigenvalue weighted by atomic mass is 19.4. The van der Waals surface area contributed by atoms with Gasteiger partial charge in [0.2, 0.25) is 0 Å². The molecule has 0 fully saturated rings. The lowest BCUT2D eigenvalue weighted by atomic mass is 10.1. The van der Waals surface area contributed by atoms with Crippen molar-refractivity contribution in [3.05, 3.63) is 61.2 Å². The summed E-state index contributed by atoms with van der Waals surface area (Å²) in [5, 5.41) is 4.17. The molecule has 0 aliphatic heterocycles. The molecule has 2 amide bonds. The second kappa shape index (κ2) is 8.53. The number of rotatable bonds is 5. The molecule has 0 saturated heterocycles. The van der Waals surface area contributed by atoms with Crippen LogP contribution in [0.5, 0.6) is 5.75 Å². The van der Waals surface area contributed by atoms with Crippen molar-refractivity contribution in [2.24, 2.45) is 0 Å². The minimum Gasteiger partial charge on any atom is -0.494 e. The molecule has 0 atom stereocenters. The van der Waals surface area contributed by atoms with Gasteiger partial charge in [-0.2, -0.15) is 13.2 Å². The zero-order valence-corrected chi connectivity index (χ0v) is 16.7. The number of carbonyl (C=O) groups excluding carboxylic acids is 1. The zero-order chi connectivity index (χ0) is 22.7. The van der Waals surface area contributed by atoms with Gasteiger partial charge in [0.25, 0.3) is 0 Å². The number of anilines is 1. The van der Waals surface area contributed by atoms with Crippen LogP contribution < -0.4 is 15.4 Å². The van der Waals surface area contributed by atoms with E-state index in [1.165, 1.54) is 7.11 Å². The topological polar surface area (TPSA) is 93.4 Å². The first-order valence-corrected chi connectivity index (χ1v) is 9.38. The quantitative estimate of drug-likeness (QED) is 0.484. The number of urea groups is 1. The van der Waals surface area contributed by atoms with E-state index in [0.29, 0.717) is 22.9 Å². The van der Waals surface area contributed by atoms with Crippen molar-refractivity contribution in [2.75, 3.05) is 19.0 Å². The van der Waals surface area contributed by atoms with Gasteiger partial charge in [-0.3, -0.25) is 4.40 Å². The number of imidazole rings is 1. The molecule has 0 radical (unpaired) electrons. The number of alkyl halides is 3. The third-order valence-corrected chi connectivity index (χ3v) is 4.50.